The minimum absolute atomic E-state index is 0. The summed E-state index contributed by atoms with van der Waals surface area (Å²) in [5.41, 5.74) is 0.831. The summed E-state index contributed by atoms with van der Waals surface area (Å²) in [6.45, 7) is 0.971. The van der Waals surface area contributed by atoms with Gasteiger partial charge in [0.15, 0.2) is 5.96 Å². The van der Waals surface area contributed by atoms with Crippen molar-refractivity contribution < 1.29 is 9.18 Å². The van der Waals surface area contributed by atoms with Gasteiger partial charge in [0.2, 0.25) is 5.91 Å². The lowest BCUT2D eigenvalue weighted by Gasteiger charge is -2.13. The Bertz CT molecular complexity index is 480. The predicted molar refractivity (Wildman–Crippen MR) is 93.3 cm³/mol. The SMILES string of the molecule is CN=C(NCCC(=O)N(C)C)NCc1cccc(F)c1.I. The summed E-state index contributed by atoms with van der Waals surface area (Å²) in [6, 6.07) is 6.37. The van der Waals surface area contributed by atoms with E-state index in [-0.39, 0.29) is 35.7 Å². The fourth-order valence-corrected chi connectivity index (χ4v) is 1.56. The van der Waals surface area contributed by atoms with E-state index in [2.05, 4.69) is 15.6 Å². The molecule has 0 spiro atoms. The number of amides is 1. The van der Waals surface area contributed by atoms with Crippen molar-refractivity contribution in [3.63, 3.8) is 0 Å². The van der Waals surface area contributed by atoms with Crippen molar-refractivity contribution in [3.05, 3.63) is 35.6 Å². The molecule has 1 rings (SSSR count). The highest BCUT2D eigenvalue weighted by Gasteiger charge is 2.04. The number of hydrogen-bond acceptors (Lipinski definition) is 2. The lowest BCUT2D eigenvalue weighted by atomic mass is 10.2. The fourth-order valence-electron chi connectivity index (χ4n) is 1.56. The fraction of sp³-hybridized carbons (Fsp3) is 0.429. The van der Waals surface area contributed by atoms with Crippen LogP contribution in [-0.4, -0.2) is 44.5 Å². The van der Waals surface area contributed by atoms with Crippen LogP contribution >= 0.6 is 24.0 Å². The monoisotopic (exact) mass is 408 g/mol. The van der Waals surface area contributed by atoms with Gasteiger partial charge < -0.3 is 15.5 Å². The molecule has 0 heterocycles. The summed E-state index contributed by atoms with van der Waals surface area (Å²) in [5, 5.41) is 6.10. The van der Waals surface area contributed by atoms with Crippen molar-refractivity contribution in [2.45, 2.75) is 13.0 Å². The van der Waals surface area contributed by atoms with Crippen molar-refractivity contribution in [1.29, 1.82) is 0 Å². The molecular weight excluding hydrogens is 386 g/mol. The number of rotatable bonds is 5. The summed E-state index contributed by atoms with van der Waals surface area (Å²) in [5.74, 6) is 0.378. The molecule has 0 saturated heterocycles. The number of guanidine groups is 1. The van der Waals surface area contributed by atoms with Crippen molar-refractivity contribution in [3.8, 4) is 0 Å². The maximum absolute atomic E-state index is 13.0. The van der Waals surface area contributed by atoms with Crippen molar-refractivity contribution in [2.24, 2.45) is 4.99 Å². The highest BCUT2D eigenvalue weighted by molar-refractivity contribution is 14.0. The summed E-state index contributed by atoms with van der Waals surface area (Å²) < 4.78 is 13.0. The normalized spacial score (nSPS) is 10.6. The van der Waals surface area contributed by atoms with Crippen LogP contribution in [-0.2, 0) is 11.3 Å². The molecule has 0 unspecified atom stereocenters. The predicted octanol–water partition coefficient (Wildman–Crippen LogP) is 1.59. The van der Waals surface area contributed by atoms with Gasteiger partial charge in [-0.05, 0) is 17.7 Å². The van der Waals surface area contributed by atoms with E-state index >= 15 is 0 Å². The topological polar surface area (TPSA) is 56.7 Å². The molecule has 118 valence electrons. The second kappa shape index (κ2) is 10.4. The Morgan fingerprint density at radius 2 is 2.05 bits per heavy atom. The van der Waals surface area contributed by atoms with Gasteiger partial charge in [0.25, 0.3) is 0 Å². The standard InChI is InChI=1S/C14H21FN4O.HI/c1-16-14(17-8-7-13(20)19(2)3)18-10-11-5-4-6-12(15)9-11;/h4-6,9H,7-8,10H2,1-3H3,(H2,16,17,18);1H. The molecule has 0 fully saturated rings. The third kappa shape index (κ3) is 7.84. The van der Waals surface area contributed by atoms with Crippen LogP contribution < -0.4 is 10.6 Å². The van der Waals surface area contributed by atoms with E-state index in [0.717, 1.165) is 5.56 Å². The second-order valence-corrected chi connectivity index (χ2v) is 4.52. The van der Waals surface area contributed by atoms with Crippen LogP contribution in [0.3, 0.4) is 0 Å². The van der Waals surface area contributed by atoms with Crippen LogP contribution in [0.2, 0.25) is 0 Å². The number of carbonyl (C=O) groups excluding carboxylic acids is 1. The zero-order valence-electron chi connectivity index (χ0n) is 12.5. The Morgan fingerprint density at radius 3 is 2.62 bits per heavy atom. The minimum Gasteiger partial charge on any atom is -0.356 e. The van der Waals surface area contributed by atoms with Gasteiger partial charge in [0.1, 0.15) is 5.82 Å². The number of hydrogen-bond donors (Lipinski definition) is 2. The Morgan fingerprint density at radius 1 is 1.33 bits per heavy atom. The molecule has 0 saturated carbocycles. The molecule has 1 aromatic rings. The van der Waals surface area contributed by atoms with Gasteiger partial charge >= 0.3 is 0 Å². The number of aliphatic imine (C=N–C) groups is 1. The second-order valence-electron chi connectivity index (χ2n) is 4.52. The van der Waals surface area contributed by atoms with E-state index in [9.17, 15) is 9.18 Å². The van der Waals surface area contributed by atoms with E-state index in [1.165, 1.54) is 12.1 Å². The summed E-state index contributed by atoms with van der Waals surface area (Å²) in [6.07, 6.45) is 0.396. The number of nitrogens with zero attached hydrogens (tertiary/aromatic N) is 2. The molecule has 0 radical (unpaired) electrons. The number of carbonyl (C=O) groups is 1. The van der Waals surface area contributed by atoms with Gasteiger partial charge in [-0.1, -0.05) is 12.1 Å². The van der Waals surface area contributed by atoms with E-state index < -0.39 is 0 Å². The molecule has 0 aliphatic heterocycles. The lowest BCUT2D eigenvalue weighted by Crippen LogP contribution is -2.38. The lowest BCUT2D eigenvalue weighted by molar-refractivity contribution is -0.128. The molecular formula is C14H22FIN4O. The summed E-state index contributed by atoms with van der Waals surface area (Å²) >= 11 is 0. The first kappa shape index (κ1) is 19.6. The first-order valence-electron chi connectivity index (χ1n) is 6.42. The first-order chi connectivity index (χ1) is 9.52. The highest BCUT2D eigenvalue weighted by atomic mass is 127. The molecule has 0 aliphatic rings. The third-order valence-corrected chi connectivity index (χ3v) is 2.70. The van der Waals surface area contributed by atoms with Crippen molar-refractivity contribution in [2.75, 3.05) is 27.7 Å². The number of halogens is 2. The zero-order chi connectivity index (χ0) is 15.0. The van der Waals surface area contributed by atoms with E-state index in [0.29, 0.717) is 25.5 Å². The largest absolute Gasteiger partial charge is 0.356 e. The van der Waals surface area contributed by atoms with Gasteiger partial charge in [0.05, 0.1) is 0 Å². The third-order valence-electron chi connectivity index (χ3n) is 2.70. The zero-order valence-corrected chi connectivity index (χ0v) is 14.8. The molecule has 2 N–H and O–H groups in total. The molecule has 1 aromatic carbocycles. The molecule has 0 bridgehead atoms. The van der Waals surface area contributed by atoms with Gasteiger partial charge in [0, 0.05) is 40.7 Å². The molecule has 1 amide bonds. The smallest absolute Gasteiger partial charge is 0.223 e. The van der Waals surface area contributed by atoms with E-state index in [4.69, 9.17) is 0 Å². The molecule has 0 aliphatic carbocycles. The minimum atomic E-state index is -0.260. The maximum atomic E-state index is 13.0. The quantitative estimate of drug-likeness (QED) is 0.442. The molecule has 0 atom stereocenters. The van der Waals surface area contributed by atoms with Crippen LogP contribution in [0.5, 0.6) is 0 Å². The van der Waals surface area contributed by atoms with E-state index in [1.54, 1.807) is 32.1 Å². The average Bonchev–Trinajstić information content (AvgIpc) is 2.42. The molecule has 7 heteroatoms. The Balaban J connectivity index is 0.00000400. The van der Waals surface area contributed by atoms with Gasteiger partial charge in [-0.25, -0.2) is 4.39 Å². The van der Waals surface area contributed by atoms with Crippen LogP contribution in [0.4, 0.5) is 4.39 Å². The van der Waals surface area contributed by atoms with Crippen molar-refractivity contribution in [1.82, 2.24) is 15.5 Å². The van der Waals surface area contributed by atoms with Gasteiger partial charge in [-0.15, -0.1) is 24.0 Å². The van der Waals surface area contributed by atoms with Crippen LogP contribution in [0, 0.1) is 5.82 Å². The molecule has 21 heavy (non-hydrogen) atoms. The Kier molecular flexibility index (Phi) is 9.68. The molecule has 0 aromatic heterocycles. The van der Waals surface area contributed by atoms with Gasteiger partial charge in [-0.2, -0.15) is 0 Å². The Hall–Kier alpha value is -1.38. The van der Waals surface area contributed by atoms with Crippen LogP contribution in [0.1, 0.15) is 12.0 Å². The highest BCUT2D eigenvalue weighted by Crippen LogP contribution is 2.02. The van der Waals surface area contributed by atoms with Crippen molar-refractivity contribution >= 4 is 35.8 Å². The first-order valence-corrected chi connectivity index (χ1v) is 6.42. The van der Waals surface area contributed by atoms with Crippen LogP contribution in [0.15, 0.2) is 29.3 Å². The maximum Gasteiger partial charge on any atom is 0.223 e. The summed E-state index contributed by atoms with van der Waals surface area (Å²) in [4.78, 5) is 17.0. The van der Waals surface area contributed by atoms with Gasteiger partial charge in [-0.3, -0.25) is 9.79 Å². The Labute approximate surface area is 142 Å². The average molecular weight is 408 g/mol. The van der Waals surface area contributed by atoms with Crippen LogP contribution in [0.25, 0.3) is 0 Å². The van der Waals surface area contributed by atoms with E-state index in [1.807, 2.05) is 6.07 Å². The number of nitrogens with one attached hydrogen (secondary N) is 2. The molecule has 5 nitrogen and oxygen atoms in total. The summed E-state index contributed by atoms with van der Waals surface area (Å²) in [7, 11) is 5.09. The number of benzene rings is 1.